The van der Waals surface area contributed by atoms with Gasteiger partial charge in [0.25, 0.3) is 0 Å². The number of carbonyl (C=O) groups excluding carboxylic acids is 1. The van der Waals surface area contributed by atoms with Crippen molar-refractivity contribution in [2.24, 2.45) is 13.0 Å². The molecule has 0 aliphatic carbocycles. The molecule has 0 bridgehead atoms. The average molecular weight is 389 g/mol. The molecule has 0 saturated carbocycles. The summed E-state index contributed by atoms with van der Waals surface area (Å²) >= 11 is 5.97. The zero-order valence-corrected chi connectivity index (χ0v) is 15.5. The van der Waals surface area contributed by atoms with Gasteiger partial charge < -0.3 is 10.6 Å². The molecule has 1 aromatic heterocycles. The summed E-state index contributed by atoms with van der Waals surface area (Å²) in [6, 6.07) is 4.01. The van der Waals surface area contributed by atoms with E-state index in [9.17, 15) is 18.0 Å². The molecule has 1 aromatic carbocycles. The Bertz CT molecular complexity index is 802. The van der Waals surface area contributed by atoms with Crippen LogP contribution in [-0.2, 0) is 18.0 Å². The Kier molecular flexibility index (Phi) is 5.85. The summed E-state index contributed by atoms with van der Waals surface area (Å²) in [4.78, 5) is 12.6. The minimum absolute atomic E-state index is 0.102. The minimum Gasteiger partial charge on any atom is -0.372 e. The Hall–Kier alpha value is -2.22. The summed E-state index contributed by atoms with van der Waals surface area (Å²) < 4.78 is 39.8. The van der Waals surface area contributed by atoms with Crippen LogP contribution in [0.3, 0.4) is 0 Å². The first-order valence-electron chi connectivity index (χ1n) is 7.94. The van der Waals surface area contributed by atoms with Crippen LogP contribution >= 0.6 is 11.6 Å². The lowest BCUT2D eigenvalue weighted by Gasteiger charge is -2.23. The predicted molar refractivity (Wildman–Crippen MR) is 95.3 cm³/mol. The average Bonchev–Trinajstić information content (AvgIpc) is 2.82. The van der Waals surface area contributed by atoms with Crippen molar-refractivity contribution in [3.63, 3.8) is 0 Å². The van der Waals surface area contributed by atoms with Crippen molar-refractivity contribution in [1.82, 2.24) is 9.78 Å². The number of nitrogens with zero attached hydrogens (tertiary/aromatic N) is 2. The van der Waals surface area contributed by atoms with Gasteiger partial charge >= 0.3 is 6.18 Å². The maximum absolute atomic E-state index is 12.7. The number of halogens is 4. The summed E-state index contributed by atoms with van der Waals surface area (Å²) in [7, 11) is 1.70. The van der Waals surface area contributed by atoms with Crippen LogP contribution in [0.25, 0.3) is 0 Å². The van der Waals surface area contributed by atoms with Crippen molar-refractivity contribution in [2.75, 3.05) is 10.6 Å². The monoisotopic (exact) mass is 388 g/mol. The zero-order valence-electron chi connectivity index (χ0n) is 14.8. The van der Waals surface area contributed by atoms with E-state index in [0.717, 1.165) is 17.8 Å². The fourth-order valence-electron chi connectivity index (χ4n) is 2.44. The third-order valence-electron chi connectivity index (χ3n) is 3.81. The summed E-state index contributed by atoms with van der Waals surface area (Å²) in [5.74, 6) is 0.0557. The van der Waals surface area contributed by atoms with Crippen molar-refractivity contribution in [3.8, 4) is 0 Å². The molecule has 2 N–H and O–H groups in total. The van der Waals surface area contributed by atoms with Crippen LogP contribution in [0.1, 0.15) is 25.1 Å². The second kappa shape index (κ2) is 7.57. The molecule has 0 aliphatic rings. The SMILES string of the molecule is Cc1cc(NC(=O)[C@@H](Nc2ccc(C(F)(F)F)cc2Cl)C(C)C)n(C)n1. The number of carbonyl (C=O) groups is 1. The summed E-state index contributed by atoms with van der Waals surface area (Å²) in [5.41, 5.74) is 0.168. The molecule has 0 spiro atoms. The lowest BCUT2D eigenvalue weighted by Crippen LogP contribution is -2.39. The number of hydrogen-bond donors (Lipinski definition) is 2. The number of benzene rings is 1. The van der Waals surface area contributed by atoms with E-state index in [1.54, 1.807) is 20.0 Å². The van der Waals surface area contributed by atoms with E-state index in [1.165, 1.54) is 10.7 Å². The summed E-state index contributed by atoms with van der Waals surface area (Å²) in [6.45, 7) is 5.45. The van der Waals surface area contributed by atoms with Crippen molar-refractivity contribution in [3.05, 3.63) is 40.5 Å². The number of rotatable bonds is 5. The second-order valence-electron chi connectivity index (χ2n) is 6.34. The van der Waals surface area contributed by atoms with Crippen LogP contribution < -0.4 is 10.6 Å². The Balaban J connectivity index is 2.20. The van der Waals surface area contributed by atoms with Gasteiger partial charge in [-0.15, -0.1) is 0 Å². The van der Waals surface area contributed by atoms with Crippen LogP contribution in [0, 0.1) is 12.8 Å². The zero-order chi connectivity index (χ0) is 19.6. The fourth-order valence-corrected chi connectivity index (χ4v) is 2.68. The lowest BCUT2D eigenvalue weighted by atomic mass is 10.0. The van der Waals surface area contributed by atoms with Gasteiger partial charge in [-0.25, -0.2) is 0 Å². The van der Waals surface area contributed by atoms with Gasteiger partial charge in [-0.3, -0.25) is 9.48 Å². The molecule has 26 heavy (non-hydrogen) atoms. The van der Waals surface area contributed by atoms with E-state index in [1.807, 2.05) is 13.8 Å². The molecule has 1 amide bonds. The van der Waals surface area contributed by atoms with Gasteiger partial charge in [0, 0.05) is 13.1 Å². The molecule has 2 aromatic rings. The van der Waals surface area contributed by atoms with Crippen LogP contribution in [-0.4, -0.2) is 21.7 Å². The number of hydrogen-bond acceptors (Lipinski definition) is 3. The van der Waals surface area contributed by atoms with Gasteiger partial charge in [0.15, 0.2) is 0 Å². The van der Waals surface area contributed by atoms with Gasteiger partial charge in [0.1, 0.15) is 11.9 Å². The number of nitrogens with one attached hydrogen (secondary N) is 2. The van der Waals surface area contributed by atoms with Gasteiger partial charge in [0.2, 0.25) is 5.91 Å². The highest BCUT2D eigenvalue weighted by Crippen LogP contribution is 2.34. The predicted octanol–water partition coefficient (Wildman–Crippen LogP) is 4.48. The molecule has 0 aliphatic heterocycles. The number of anilines is 2. The maximum atomic E-state index is 12.7. The first-order chi connectivity index (χ1) is 12.0. The van der Waals surface area contributed by atoms with E-state index in [4.69, 9.17) is 11.6 Å². The van der Waals surface area contributed by atoms with Crippen molar-refractivity contribution < 1.29 is 18.0 Å². The molecule has 1 heterocycles. The lowest BCUT2D eigenvalue weighted by molar-refractivity contribution is -0.137. The van der Waals surface area contributed by atoms with Gasteiger partial charge in [-0.05, 0) is 31.0 Å². The molecule has 0 fully saturated rings. The van der Waals surface area contributed by atoms with E-state index in [0.29, 0.717) is 5.82 Å². The van der Waals surface area contributed by atoms with Crippen molar-refractivity contribution >= 4 is 29.0 Å². The third kappa shape index (κ3) is 4.69. The quantitative estimate of drug-likeness (QED) is 0.794. The van der Waals surface area contributed by atoms with Crippen molar-refractivity contribution in [2.45, 2.75) is 33.0 Å². The first kappa shape index (κ1) is 20.1. The smallest absolute Gasteiger partial charge is 0.372 e. The number of aromatic nitrogens is 2. The number of amides is 1. The highest BCUT2D eigenvalue weighted by atomic mass is 35.5. The van der Waals surface area contributed by atoms with E-state index in [-0.39, 0.29) is 22.5 Å². The molecule has 1 atom stereocenters. The Morgan fingerprint density at radius 1 is 1.27 bits per heavy atom. The largest absolute Gasteiger partial charge is 0.416 e. The molecule has 5 nitrogen and oxygen atoms in total. The van der Waals surface area contributed by atoms with Crippen LogP contribution in [0.2, 0.25) is 5.02 Å². The molecule has 142 valence electrons. The first-order valence-corrected chi connectivity index (χ1v) is 8.31. The molecule has 0 radical (unpaired) electrons. The molecule has 0 saturated heterocycles. The second-order valence-corrected chi connectivity index (χ2v) is 6.75. The Labute approximate surface area is 154 Å². The third-order valence-corrected chi connectivity index (χ3v) is 4.12. The minimum atomic E-state index is -4.48. The summed E-state index contributed by atoms with van der Waals surface area (Å²) in [6.07, 6.45) is -4.48. The van der Waals surface area contributed by atoms with Gasteiger partial charge in [-0.1, -0.05) is 25.4 Å². The Morgan fingerprint density at radius 2 is 1.92 bits per heavy atom. The fraction of sp³-hybridized carbons (Fsp3) is 0.412. The highest BCUT2D eigenvalue weighted by molar-refractivity contribution is 6.33. The normalized spacial score (nSPS) is 13.0. The van der Waals surface area contributed by atoms with Crippen LogP contribution in [0.5, 0.6) is 0 Å². The molecule has 0 unspecified atom stereocenters. The molecule has 2 rings (SSSR count). The van der Waals surface area contributed by atoms with Crippen molar-refractivity contribution in [1.29, 1.82) is 0 Å². The maximum Gasteiger partial charge on any atom is 0.416 e. The standard InChI is InChI=1S/C17H20ClF3N4O/c1-9(2)15(16(26)23-14-7-10(3)24-25(14)4)22-13-6-5-11(8-12(13)18)17(19,20)21/h5-9,15,22H,1-4H3,(H,23,26)/t15-/m0/s1. The molecular weight excluding hydrogens is 369 g/mol. The molecular formula is C17H20ClF3N4O. The summed E-state index contributed by atoms with van der Waals surface area (Å²) in [5, 5.41) is 9.75. The van der Waals surface area contributed by atoms with Crippen LogP contribution in [0.15, 0.2) is 24.3 Å². The van der Waals surface area contributed by atoms with E-state index < -0.39 is 17.8 Å². The topological polar surface area (TPSA) is 59.0 Å². The van der Waals surface area contributed by atoms with E-state index >= 15 is 0 Å². The highest BCUT2D eigenvalue weighted by Gasteiger charge is 2.31. The molecule has 9 heteroatoms. The number of alkyl halides is 3. The van der Waals surface area contributed by atoms with Crippen LogP contribution in [0.4, 0.5) is 24.7 Å². The number of aryl methyl sites for hydroxylation is 2. The van der Waals surface area contributed by atoms with Gasteiger partial charge in [-0.2, -0.15) is 18.3 Å². The van der Waals surface area contributed by atoms with Gasteiger partial charge in [0.05, 0.1) is 22.0 Å². The van der Waals surface area contributed by atoms with E-state index in [2.05, 4.69) is 15.7 Å². The Morgan fingerprint density at radius 3 is 2.38 bits per heavy atom.